The molecular formula is C54H25F12N3. The number of nitrogens with zero attached hydrogens (tertiary/aromatic N) is 3. The lowest BCUT2D eigenvalue weighted by atomic mass is 9.87. The minimum absolute atomic E-state index is 0.0630. The van der Waals surface area contributed by atoms with Crippen molar-refractivity contribution in [2.75, 3.05) is 0 Å². The van der Waals surface area contributed by atoms with Crippen LogP contribution in [0.4, 0.5) is 52.7 Å². The Morgan fingerprint density at radius 3 is 0.928 bits per heavy atom. The molecule has 69 heavy (non-hydrogen) atoms. The van der Waals surface area contributed by atoms with Crippen LogP contribution in [0.25, 0.3) is 77.9 Å². The van der Waals surface area contributed by atoms with Crippen LogP contribution in [0.2, 0.25) is 0 Å². The third kappa shape index (κ3) is 7.98. The van der Waals surface area contributed by atoms with Crippen LogP contribution in [0, 0.1) is 34.0 Å². The van der Waals surface area contributed by atoms with Gasteiger partial charge in [-0.25, -0.2) is 0 Å². The lowest BCUT2D eigenvalue weighted by Crippen LogP contribution is -2.04. The Labute approximate surface area is 384 Å². The monoisotopic (exact) mass is 943 g/mol. The molecule has 3 nitrogen and oxygen atoms in total. The molecule has 0 unspecified atom stereocenters. The largest absolute Gasteiger partial charge is 0.416 e. The molecule has 9 rings (SSSR count). The Bertz CT molecular complexity index is 3460. The maximum absolute atomic E-state index is 13.9. The fourth-order valence-corrected chi connectivity index (χ4v) is 9.01. The van der Waals surface area contributed by atoms with E-state index >= 15 is 0 Å². The van der Waals surface area contributed by atoms with Gasteiger partial charge in [0.05, 0.1) is 28.3 Å². The molecule has 0 saturated carbocycles. The van der Waals surface area contributed by atoms with Crippen LogP contribution >= 0.6 is 0 Å². The molecule has 0 saturated heterocycles. The minimum atomic E-state index is -4.72. The summed E-state index contributed by atoms with van der Waals surface area (Å²) in [6, 6.07) is 32.2. The average Bonchev–Trinajstić information content (AvgIpc) is 3.81. The lowest BCUT2D eigenvalue weighted by Gasteiger charge is -2.17. The van der Waals surface area contributed by atoms with Gasteiger partial charge in [0.2, 0.25) is 0 Å². The average molecular weight is 944 g/mol. The zero-order chi connectivity index (χ0) is 49.5. The molecular weight excluding hydrogens is 919 g/mol. The van der Waals surface area contributed by atoms with Gasteiger partial charge in [-0.15, -0.1) is 0 Å². The van der Waals surface area contributed by atoms with E-state index in [1.807, 2.05) is 12.1 Å². The van der Waals surface area contributed by atoms with Gasteiger partial charge in [0.25, 0.3) is 0 Å². The van der Waals surface area contributed by atoms with Crippen LogP contribution in [0.15, 0.2) is 145 Å². The van der Waals surface area contributed by atoms with Crippen LogP contribution in [-0.4, -0.2) is 0 Å². The van der Waals surface area contributed by atoms with Crippen LogP contribution in [0.1, 0.15) is 51.4 Å². The molecule has 0 fully saturated rings. The number of hydrogen-bond donors (Lipinski definition) is 0. The van der Waals surface area contributed by atoms with Crippen molar-refractivity contribution in [1.29, 1.82) is 15.8 Å². The molecule has 7 aromatic carbocycles. The maximum Gasteiger partial charge on any atom is 0.416 e. The van der Waals surface area contributed by atoms with Crippen molar-refractivity contribution in [3.05, 3.63) is 189 Å². The number of halogens is 12. The van der Waals surface area contributed by atoms with Crippen LogP contribution < -0.4 is 0 Å². The first-order chi connectivity index (χ1) is 32.5. The van der Waals surface area contributed by atoms with Gasteiger partial charge in [-0.05, 0) is 181 Å². The van der Waals surface area contributed by atoms with E-state index < -0.39 is 52.5 Å². The van der Waals surface area contributed by atoms with Gasteiger partial charge >= 0.3 is 24.7 Å². The smallest absolute Gasteiger partial charge is 0.193 e. The van der Waals surface area contributed by atoms with Crippen LogP contribution in [0.3, 0.4) is 0 Å². The second kappa shape index (κ2) is 16.2. The second-order valence-electron chi connectivity index (χ2n) is 16.2. The Hall–Kier alpha value is -8.35. The van der Waals surface area contributed by atoms with E-state index in [1.54, 1.807) is 36.4 Å². The summed E-state index contributed by atoms with van der Waals surface area (Å²) in [5.74, 6) is 0. The fourth-order valence-electron chi connectivity index (χ4n) is 9.01. The molecule has 2 aliphatic carbocycles. The topological polar surface area (TPSA) is 71.4 Å². The molecule has 340 valence electrons. The molecule has 0 N–H and O–H groups in total. The molecule has 15 heteroatoms. The zero-order valence-corrected chi connectivity index (χ0v) is 35.1. The molecule has 7 aromatic rings. The normalized spacial score (nSPS) is 13.7. The first-order valence-electron chi connectivity index (χ1n) is 20.4. The first-order valence-corrected chi connectivity index (χ1v) is 20.4. The Balaban J connectivity index is 1.37. The quantitative estimate of drug-likeness (QED) is 0.130. The van der Waals surface area contributed by atoms with Gasteiger partial charge in [0, 0.05) is 16.7 Å². The molecule has 0 aliphatic heterocycles. The van der Waals surface area contributed by atoms with Crippen molar-refractivity contribution < 1.29 is 52.7 Å². The predicted molar refractivity (Wildman–Crippen MR) is 234 cm³/mol. The summed E-state index contributed by atoms with van der Waals surface area (Å²) in [4.78, 5) is 0. The van der Waals surface area contributed by atoms with Gasteiger partial charge in [-0.3, -0.25) is 0 Å². The predicted octanol–water partition coefficient (Wildman–Crippen LogP) is 16.6. The van der Waals surface area contributed by atoms with Crippen molar-refractivity contribution >= 4 is 11.1 Å². The number of nitriles is 3. The molecule has 0 atom stereocenters. The number of hydrogen-bond acceptors (Lipinski definition) is 3. The van der Waals surface area contributed by atoms with E-state index in [9.17, 15) is 68.5 Å². The van der Waals surface area contributed by atoms with Gasteiger partial charge in [-0.2, -0.15) is 68.5 Å². The fraction of sp³-hybridized carbons (Fsp3) is 0.0926. The Kier molecular flexibility index (Phi) is 10.7. The van der Waals surface area contributed by atoms with Crippen molar-refractivity contribution in [3.63, 3.8) is 0 Å². The van der Waals surface area contributed by atoms with E-state index in [0.717, 1.165) is 48.5 Å². The van der Waals surface area contributed by atoms with Gasteiger partial charge in [0.1, 0.15) is 17.7 Å². The lowest BCUT2D eigenvalue weighted by molar-refractivity contribution is -0.138. The third-order valence-corrected chi connectivity index (χ3v) is 12.2. The molecule has 0 heterocycles. The second-order valence-corrected chi connectivity index (χ2v) is 16.2. The van der Waals surface area contributed by atoms with Gasteiger partial charge < -0.3 is 0 Å². The number of rotatable bonds is 4. The summed E-state index contributed by atoms with van der Waals surface area (Å²) < 4.78 is 165. The van der Waals surface area contributed by atoms with Crippen molar-refractivity contribution in [2.24, 2.45) is 0 Å². The third-order valence-electron chi connectivity index (χ3n) is 12.2. The van der Waals surface area contributed by atoms with Gasteiger partial charge in [-0.1, -0.05) is 48.5 Å². The molecule has 0 bridgehead atoms. The summed E-state index contributed by atoms with van der Waals surface area (Å²) in [5.41, 5.74) is 1.11. The zero-order valence-electron chi connectivity index (χ0n) is 35.1. The minimum Gasteiger partial charge on any atom is -0.193 e. The summed E-state index contributed by atoms with van der Waals surface area (Å²) in [6.07, 6.45) is -18.8. The highest BCUT2D eigenvalue weighted by Gasteiger charge is 2.38. The summed E-state index contributed by atoms with van der Waals surface area (Å²) >= 11 is 0. The molecule has 0 spiro atoms. The van der Waals surface area contributed by atoms with Crippen molar-refractivity contribution in [3.8, 4) is 85.0 Å². The van der Waals surface area contributed by atoms with E-state index in [4.69, 9.17) is 0 Å². The number of fused-ring (bicyclic) bond motifs is 6. The van der Waals surface area contributed by atoms with Crippen molar-refractivity contribution in [2.45, 2.75) is 31.6 Å². The number of benzene rings is 7. The maximum atomic E-state index is 13.9. The molecule has 2 aliphatic rings. The summed E-state index contributed by atoms with van der Waals surface area (Å²) in [7, 11) is 0. The van der Waals surface area contributed by atoms with Crippen molar-refractivity contribution in [1.82, 2.24) is 0 Å². The first kappa shape index (κ1) is 45.8. The van der Waals surface area contributed by atoms with Crippen LogP contribution in [-0.2, 0) is 24.7 Å². The van der Waals surface area contributed by atoms with Gasteiger partial charge in [0.15, 0.2) is 0 Å². The van der Waals surface area contributed by atoms with E-state index in [0.29, 0.717) is 55.6 Å². The summed E-state index contributed by atoms with van der Waals surface area (Å²) in [6.45, 7) is 1.50. The SMILES string of the molecule is C/C(C#N)=C1\c2cc3c(cc2-c2c1cc(-c1ccc(C(F)(F)F)cc1)cc2-c1ccc(C(F)(F)F)cc1)-c1c(cc(-c2ccc(C(F)(F)F)cc2)cc1-c1ccc(C(F)(F)F)cc1)C3=C(C#N)C#N. The molecule has 0 amide bonds. The standard InChI is InChI=1S/C54H25F12N3/c1-27(24-67)47-41-22-42-44(23-43(41)49-39(30-6-14-37(15-7-30)53(61,62)63)18-32(20-45(47)49)28-2-10-35(11-3-28)51(55,56)57)50-40(31-8-16-38(17-9-31)54(64,65)66)19-33(21-46(50)48(42)34(25-68)26-69)29-4-12-36(13-5-29)52(58,59)60/h2-23H,1H3/b47-27-. The number of alkyl halides is 12. The summed E-state index contributed by atoms with van der Waals surface area (Å²) in [5, 5.41) is 31.4. The highest BCUT2D eigenvalue weighted by atomic mass is 19.4. The Morgan fingerprint density at radius 1 is 0.319 bits per heavy atom. The Morgan fingerprint density at radius 2 is 0.609 bits per heavy atom. The number of allylic oxidation sites excluding steroid dienone is 2. The van der Waals surface area contributed by atoms with Crippen LogP contribution in [0.5, 0.6) is 0 Å². The highest BCUT2D eigenvalue weighted by molar-refractivity contribution is 6.15. The van der Waals surface area contributed by atoms with E-state index in [2.05, 4.69) is 6.07 Å². The van der Waals surface area contributed by atoms with E-state index in [-0.39, 0.29) is 50.1 Å². The highest BCUT2D eigenvalue weighted by Crippen LogP contribution is 2.58. The molecule has 0 aromatic heterocycles. The van der Waals surface area contributed by atoms with E-state index in [1.165, 1.54) is 55.5 Å². The molecule has 0 radical (unpaired) electrons.